The van der Waals surface area contributed by atoms with Crippen LogP contribution in [0.2, 0.25) is 0 Å². The van der Waals surface area contributed by atoms with E-state index in [2.05, 4.69) is 4.74 Å². The molecule has 3 atom stereocenters. The Morgan fingerprint density at radius 3 is 2.72 bits per heavy atom. The van der Waals surface area contributed by atoms with E-state index in [1.165, 1.54) is 7.05 Å². The number of nitrogens with one attached hydrogen (secondary N) is 1. The van der Waals surface area contributed by atoms with Crippen molar-refractivity contribution in [1.29, 1.82) is 0 Å². The summed E-state index contributed by atoms with van der Waals surface area (Å²) in [7, 11) is -0.600. The molecule has 3 N–H and O–H groups in total. The molecule has 0 rings (SSSR count). The van der Waals surface area contributed by atoms with Crippen LogP contribution in [-0.4, -0.2) is 56.3 Å². The summed E-state index contributed by atoms with van der Waals surface area (Å²) in [5.41, 5.74) is 5.48. The van der Waals surface area contributed by atoms with Gasteiger partial charge in [0.15, 0.2) is 0 Å². The van der Waals surface area contributed by atoms with Crippen molar-refractivity contribution in [3.8, 4) is 0 Å². The molecule has 0 aliphatic heterocycles. The van der Waals surface area contributed by atoms with Gasteiger partial charge in [0.1, 0.15) is 12.4 Å². The highest BCUT2D eigenvalue weighted by Crippen LogP contribution is 2.06. The molecule has 0 aliphatic rings. The normalized spacial score (nSPS) is 15.4. The van der Waals surface area contributed by atoms with E-state index in [9.17, 15) is 18.0 Å². The molecule has 7 nitrogen and oxygen atoms in total. The number of esters is 1. The van der Waals surface area contributed by atoms with Crippen LogP contribution in [0.5, 0.6) is 0 Å². The van der Waals surface area contributed by atoms with Gasteiger partial charge in [-0.15, -0.1) is 0 Å². The summed E-state index contributed by atoms with van der Waals surface area (Å²) in [6.45, 7) is 0. The van der Waals surface area contributed by atoms with Gasteiger partial charge >= 0.3 is 11.2 Å². The molecule has 0 aromatic heterocycles. The minimum atomic E-state index is -3.81. The molecule has 1 amide bonds. The second-order valence-corrected chi connectivity index (χ2v) is 6.54. The van der Waals surface area contributed by atoms with Crippen molar-refractivity contribution in [3.63, 3.8) is 0 Å². The molecule has 0 aromatic carbocycles. The lowest BCUT2D eigenvalue weighted by atomic mass is 10.4. The van der Waals surface area contributed by atoms with Gasteiger partial charge in [-0.2, -0.15) is 11.8 Å². The average Bonchev–Trinajstić information content (AvgIpc) is 2.32. The number of amides is 1. The van der Waals surface area contributed by atoms with Crippen molar-refractivity contribution in [3.05, 3.63) is 0 Å². The summed E-state index contributed by atoms with van der Waals surface area (Å²) in [4.78, 5) is 22.2. The number of hydrogen-bond acceptors (Lipinski definition) is 7. The second kappa shape index (κ2) is 8.68. The predicted octanol–water partition coefficient (Wildman–Crippen LogP) is -0.823. The van der Waals surface area contributed by atoms with Gasteiger partial charge in [0.25, 0.3) is 0 Å². The van der Waals surface area contributed by atoms with E-state index >= 15 is 0 Å². The zero-order valence-electron chi connectivity index (χ0n) is 10.8. The zero-order chi connectivity index (χ0) is 15.1. The molecule has 0 aliphatic carbocycles. The number of sulfone groups is 1. The maximum absolute atomic E-state index is 11.3. The van der Waals surface area contributed by atoms with E-state index in [1.807, 2.05) is 14.6 Å². The molecule has 0 spiro atoms. The first-order valence-electron chi connectivity index (χ1n) is 5.44. The molecule has 0 heterocycles. The van der Waals surface area contributed by atoms with E-state index in [1.54, 1.807) is 0 Å². The maximum Gasteiger partial charge on any atom is 0.336 e. The van der Waals surface area contributed by atoms with Gasteiger partial charge in [-0.1, -0.05) is 9.24 Å². The standard InChI is InChI=1S/C8H17N2O5PS2/c1-10-8(12)18(13,14)3-2-17-4-6(9)7(11)15-5-16/h6H,2-5,9,16H2,1H3,(H,10,12)/i5T. The molecule has 0 fully saturated rings. The van der Waals surface area contributed by atoms with Crippen molar-refractivity contribution >= 4 is 42.0 Å². The van der Waals surface area contributed by atoms with Crippen LogP contribution in [-0.2, 0) is 19.4 Å². The Morgan fingerprint density at radius 1 is 1.61 bits per heavy atom. The third-order valence-electron chi connectivity index (χ3n) is 1.77. The number of thioether (sulfide) groups is 1. The number of ether oxygens (including phenoxy) is 1. The Morgan fingerprint density at radius 2 is 2.22 bits per heavy atom. The number of rotatable bonds is 7. The summed E-state index contributed by atoms with van der Waals surface area (Å²) >= 11 is 1.12. The molecule has 0 bridgehead atoms. The van der Waals surface area contributed by atoms with Crippen molar-refractivity contribution in [2.24, 2.45) is 5.73 Å². The molecule has 0 saturated carbocycles. The Hall–Kier alpha value is -0.370. The molecule has 3 unspecified atom stereocenters. The quantitative estimate of drug-likeness (QED) is 0.358. The number of carbonyl (C=O) groups is 2. The third kappa shape index (κ3) is 6.53. The van der Waals surface area contributed by atoms with Gasteiger partial charge in [0.2, 0.25) is 9.84 Å². The van der Waals surface area contributed by atoms with E-state index in [0.717, 1.165) is 11.8 Å². The molecular formula is C8H17N2O5PS2. The minimum absolute atomic E-state index is 0.141. The van der Waals surface area contributed by atoms with Gasteiger partial charge in [-0.3, -0.25) is 9.59 Å². The molecule has 0 aromatic rings. The molecule has 0 radical (unpaired) electrons. The monoisotopic (exact) mass is 318 g/mol. The average molecular weight is 318 g/mol. The first-order chi connectivity index (χ1) is 8.70. The van der Waals surface area contributed by atoms with Crippen molar-refractivity contribution in [1.82, 2.24) is 5.32 Å². The van der Waals surface area contributed by atoms with Crippen LogP contribution in [0.4, 0.5) is 4.79 Å². The molecule has 106 valence electrons. The van der Waals surface area contributed by atoms with Crippen LogP contribution in [0.1, 0.15) is 1.37 Å². The van der Waals surface area contributed by atoms with Gasteiger partial charge < -0.3 is 15.8 Å². The fraction of sp³-hybridized carbons (Fsp3) is 0.750. The highest BCUT2D eigenvalue weighted by molar-refractivity contribution is 8.07. The second-order valence-electron chi connectivity index (χ2n) is 3.11. The molecular weight excluding hydrogens is 299 g/mol. The van der Waals surface area contributed by atoms with E-state index in [0.29, 0.717) is 0 Å². The Bertz CT molecular complexity index is 417. The minimum Gasteiger partial charge on any atom is -0.460 e. The van der Waals surface area contributed by atoms with Crippen molar-refractivity contribution < 1.29 is 24.1 Å². The van der Waals surface area contributed by atoms with E-state index < -0.39 is 33.4 Å². The van der Waals surface area contributed by atoms with Crippen LogP contribution in [0.25, 0.3) is 0 Å². The Labute approximate surface area is 114 Å². The van der Waals surface area contributed by atoms with E-state index in [-0.39, 0.29) is 17.3 Å². The topological polar surface area (TPSA) is 116 Å². The smallest absolute Gasteiger partial charge is 0.336 e. The lowest BCUT2D eigenvalue weighted by molar-refractivity contribution is -0.142. The van der Waals surface area contributed by atoms with Gasteiger partial charge in [-0.05, 0) is 0 Å². The summed E-state index contributed by atoms with van der Waals surface area (Å²) < 4.78 is 34.2. The van der Waals surface area contributed by atoms with Gasteiger partial charge in [0, 0.05) is 18.6 Å². The largest absolute Gasteiger partial charge is 0.460 e. The van der Waals surface area contributed by atoms with Gasteiger partial charge in [0.05, 0.1) is 7.12 Å². The summed E-state index contributed by atoms with van der Waals surface area (Å²) in [6.07, 6.45) is -1.07. The maximum atomic E-state index is 11.3. The molecule has 10 heteroatoms. The highest BCUT2D eigenvalue weighted by Gasteiger charge is 2.20. The number of hydrogen-bond donors (Lipinski definition) is 2. The molecule has 0 saturated heterocycles. The first kappa shape index (κ1) is 15.7. The number of carbonyl (C=O) groups excluding carboxylic acids is 2. The van der Waals surface area contributed by atoms with Crippen molar-refractivity contribution in [2.75, 3.05) is 30.6 Å². The summed E-state index contributed by atoms with van der Waals surface area (Å²) in [6, 6.07) is -0.930. The van der Waals surface area contributed by atoms with Crippen LogP contribution in [0.3, 0.4) is 0 Å². The Balaban J connectivity index is 3.99. The van der Waals surface area contributed by atoms with Crippen LogP contribution < -0.4 is 11.1 Å². The Kier molecular flexibility index (Phi) is 7.57. The fourth-order valence-electron chi connectivity index (χ4n) is 0.850. The molecule has 18 heavy (non-hydrogen) atoms. The van der Waals surface area contributed by atoms with Crippen molar-refractivity contribution in [2.45, 2.75) is 6.04 Å². The first-order valence-corrected chi connectivity index (χ1v) is 8.34. The third-order valence-corrected chi connectivity index (χ3v) is 4.76. The lowest BCUT2D eigenvalue weighted by Gasteiger charge is -2.09. The predicted molar refractivity (Wildman–Crippen MR) is 74.2 cm³/mol. The van der Waals surface area contributed by atoms with Crippen LogP contribution in [0, 0.1) is 0 Å². The number of nitrogens with two attached hydrogens (primary N) is 1. The SMILES string of the molecule is [3H]C(P)OC(=O)C(N)CSCCS(=O)(=O)C(=O)NC. The summed E-state index contributed by atoms with van der Waals surface area (Å²) in [5, 5.41) is 1.01. The van der Waals surface area contributed by atoms with Crippen LogP contribution >= 0.6 is 21.0 Å². The van der Waals surface area contributed by atoms with E-state index in [4.69, 9.17) is 7.10 Å². The van der Waals surface area contributed by atoms with Gasteiger partial charge in [-0.25, -0.2) is 8.42 Å². The van der Waals surface area contributed by atoms with Crippen LogP contribution in [0.15, 0.2) is 0 Å². The summed E-state index contributed by atoms with van der Waals surface area (Å²) in [5.74, 6) is -0.762. The highest BCUT2D eigenvalue weighted by atomic mass is 32.2. The lowest BCUT2D eigenvalue weighted by Crippen LogP contribution is -2.35. The zero-order valence-corrected chi connectivity index (χ0v) is 12.6. The fourth-order valence-corrected chi connectivity index (χ4v) is 3.39.